The number of hydrogen-bond acceptors (Lipinski definition) is 5. The quantitative estimate of drug-likeness (QED) is 0.533. The van der Waals surface area contributed by atoms with Crippen LogP contribution in [0.5, 0.6) is 0 Å². The van der Waals surface area contributed by atoms with Crippen LogP contribution in [-0.2, 0) is 6.54 Å². The molecule has 156 valence electrons. The molecule has 3 heterocycles. The first kappa shape index (κ1) is 20.1. The van der Waals surface area contributed by atoms with E-state index < -0.39 is 23.1 Å². The number of aromatic nitrogens is 5. The lowest BCUT2D eigenvalue weighted by Crippen LogP contribution is -2.33. The number of carbonyl (C=O) groups excluding carboxylic acids is 1. The molecule has 0 aliphatic carbocycles. The lowest BCUT2D eigenvalue weighted by atomic mass is 10.1. The average Bonchev–Trinajstić information content (AvgIpc) is 3.29. The van der Waals surface area contributed by atoms with Crippen LogP contribution in [0.2, 0.25) is 0 Å². The minimum atomic E-state index is -0.786. The van der Waals surface area contributed by atoms with Crippen molar-refractivity contribution in [1.82, 2.24) is 29.6 Å². The Morgan fingerprint density at radius 3 is 2.81 bits per heavy atom. The number of benzene rings is 1. The number of pyridine rings is 2. The van der Waals surface area contributed by atoms with Crippen molar-refractivity contribution in [3.8, 4) is 11.5 Å². The number of nitrogens with zero attached hydrogens (tertiary/aromatic N) is 5. The standard InChI is InChI=1S/C21H16F2N6O2/c1-13-6-8-28(17-9-15(22)4-5-16(17)23)21(31)18(13)20(30)26-10-14-3-2-7-25-19(14)29-12-24-11-27-29/h2-9,11-12H,10H2,1H3,(H,26,30). The summed E-state index contributed by atoms with van der Waals surface area (Å²) in [7, 11) is 0. The molecule has 1 N–H and O–H groups in total. The molecule has 0 spiro atoms. The summed E-state index contributed by atoms with van der Waals surface area (Å²) in [6.07, 6.45) is 5.71. The largest absolute Gasteiger partial charge is 0.348 e. The molecule has 0 saturated carbocycles. The van der Waals surface area contributed by atoms with Crippen LogP contribution in [-0.4, -0.2) is 30.2 Å². The van der Waals surface area contributed by atoms with Crippen LogP contribution in [0.1, 0.15) is 21.5 Å². The Kier molecular flexibility index (Phi) is 5.35. The van der Waals surface area contributed by atoms with E-state index >= 15 is 0 Å². The molecule has 31 heavy (non-hydrogen) atoms. The Morgan fingerprint density at radius 1 is 1.19 bits per heavy atom. The van der Waals surface area contributed by atoms with Crippen molar-refractivity contribution in [3.63, 3.8) is 0 Å². The highest BCUT2D eigenvalue weighted by atomic mass is 19.1. The zero-order valence-electron chi connectivity index (χ0n) is 16.3. The summed E-state index contributed by atoms with van der Waals surface area (Å²) in [5.74, 6) is -1.66. The van der Waals surface area contributed by atoms with E-state index in [0.717, 1.165) is 22.8 Å². The van der Waals surface area contributed by atoms with Gasteiger partial charge in [0, 0.05) is 30.6 Å². The maximum Gasteiger partial charge on any atom is 0.268 e. The highest BCUT2D eigenvalue weighted by molar-refractivity contribution is 5.95. The van der Waals surface area contributed by atoms with Gasteiger partial charge in [-0.3, -0.25) is 14.2 Å². The van der Waals surface area contributed by atoms with Crippen molar-refractivity contribution < 1.29 is 13.6 Å². The monoisotopic (exact) mass is 422 g/mol. The van der Waals surface area contributed by atoms with Crippen LogP contribution in [0.25, 0.3) is 11.5 Å². The van der Waals surface area contributed by atoms with Crippen molar-refractivity contribution in [2.75, 3.05) is 0 Å². The molecule has 1 amide bonds. The zero-order chi connectivity index (χ0) is 22.0. The van der Waals surface area contributed by atoms with Gasteiger partial charge in [-0.15, -0.1) is 0 Å². The molecule has 0 aliphatic rings. The summed E-state index contributed by atoms with van der Waals surface area (Å²) in [6.45, 7) is 1.65. The van der Waals surface area contributed by atoms with E-state index in [4.69, 9.17) is 0 Å². The number of hydrogen-bond donors (Lipinski definition) is 1. The first-order valence-electron chi connectivity index (χ1n) is 9.20. The molecule has 1 aromatic carbocycles. The molecule has 0 atom stereocenters. The molecule has 0 radical (unpaired) electrons. The van der Waals surface area contributed by atoms with Gasteiger partial charge < -0.3 is 5.32 Å². The van der Waals surface area contributed by atoms with Crippen molar-refractivity contribution >= 4 is 5.91 Å². The molecule has 4 rings (SSSR count). The van der Waals surface area contributed by atoms with Gasteiger partial charge in [0.2, 0.25) is 0 Å². The van der Waals surface area contributed by atoms with Gasteiger partial charge in [0.25, 0.3) is 11.5 Å². The molecule has 0 aliphatic heterocycles. The van der Waals surface area contributed by atoms with Crippen LogP contribution in [0.3, 0.4) is 0 Å². The van der Waals surface area contributed by atoms with E-state index in [1.54, 1.807) is 25.3 Å². The fraction of sp³-hybridized carbons (Fsp3) is 0.0952. The summed E-state index contributed by atoms with van der Waals surface area (Å²) in [4.78, 5) is 33.9. The van der Waals surface area contributed by atoms with E-state index in [9.17, 15) is 18.4 Å². The Morgan fingerprint density at radius 2 is 2.03 bits per heavy atom. The Hall–Kier alpha value is -4.21. The van der Waals surface area contributed by atoms with E-state index in [-0.39, 0.29) is 17.8 Å². The molecular formula is C21H16F2N6O2. The van der Waals surface area contributed by atoms with Gasteiger partial charge in [0.15, 0.2) is 5.82 Å². The molecule has 0 fully saturated rings. The normalized spacial score (nSPS) is 10.8. The van der Waals surface area contributed by atoms with E-state index in [0.29, 0.717) is 16.9 Å². The third-order valence-electron chi connectivity index (χ3n) is 4.64. The number of aryl methyl sites for hydroxylation is 1. The van der Waals surface area contributed by atoms with Gasteiger partial charge in [0.05, 0.1) is 5.69 Å². The molecule has 8 nitrogen and oxygen atoms in total. The molecule has 0 unspecified atom stereocenters. The summed E-state index contributed by atoms with van der Waals surface area (Å²) < 4.78 is 30.1. The fourth-order valence-electron chi connectivity index (χ4n) is 3.12. The predicted molar refractivity (Wildman–Crippen MR) is 107 cm³/mol. The van der Waals surface area contributed by atoms with Gasteiger partial charge in [-0.2, -0.15) is 5.10 Å². The zero-order valence-corrected chi connectivity index (χ0v) is 16.3. The molecule has 4 aromatic rings. The summed E-state index contributed by atoms with van der Waals surface area (Å²) in [5, 5.41) is 6.71. The number of nitrogens with one attached hydrogen (secondary N) is 1. The van der Waals surface area contributed by atoms with Crippen LogP contribution in [0, 0.1) is 18.6 Å². The van der Waals surface area contributed by atoms with E-state index in [1.807, 2.05) is 0 Å². The number of amides is 1. The topological polar surface area (TPSA) is 94.7 Å². The molecule has 10 heteroatoms. The SMILES string of the molecule is Cc1ccn(-c2cc(F)ccc2F)c(=O)c1C(=O)NCc1cccnc1-n1cncn1. The highest BCUT2D eigenvalue weighted by Gasteiger charge is 2.19. The predicted octanol–water partition coefficient (Wildman–Crippen LogP) is 2.33. The lowest BCUT2D eigenvalue weighted by molar-refractivity contribution is 0.0948. The van der Waals surface area contributed by atoms with Crippen molar-refractivity contribution in [3.05, 3.63) is 100 Å². The number of rotatable bonds is 5. The van der Waals surface area contributed by atoms with Crippen LogP contribution < -0.4 is 10.9 Å². The third-order valence-corrected chi connectivity index (χ3v) is 4.64. The van der Waals surface area contributed by atoms with Crippen LogP contribution in [0.4, 0.5) is 8.78 Å². The Labute approximate surface area is 174 Å². The van der Waals surface area contributed by atoms with Gasteiger partial charge in [-0.25, -0.2) is 23.4 Å². The number of halogens is 2. The molecular weight excluding hydrogens is 406 g/mol. The van der Waals surface area contributed by atoms with Gasteiger partial charge in [0.1, 0.15) is 29.9 Å². The number of carbonyl (C=O) groups is 1. The minimum absolute atomic E-state index is 0.0595. The maximum absolute atomic E-state index is 14.2. The van der Waals surface area contributed by atoms with Crippen molar-refractivity contribution in [2.24, 2.45) is 0 Å². The van der Waals surface area contributed by atoms with Gasteiger partial charge >= 0.3 is 0 Å². The second-order valence-corrected chi connectivity index (χ2v) is 6.65. The van der Waals surface area contributed by atoms with Crippen molar-refractivity contribution in [1.29, 1.82) is 0 Å². The van der Waals surface area contributed by atoms with Crippen molar-refractivity contribution in [2.45, 2.75) is 13.5 Å². The first-order chi connectivity index (χ1) is 15.0. The molecule has 0 saturated heterocycles. The summed E-state index contributed by atoms with van der Waals surface area (Å²) in [6, 6.07) is 7.72. The smallest absolute Gasteiger partial charge is 0.268 e. The fourth-order valence-corrected chi connectivity index (χ4v) is 3.12. The Balaban J connectivity index is 1.65. The average molecular weight is 422 g/mol. The third kappa shape index (κ3) is 3.95. The Bertz CT molecular complexity index is 1320. The summed E-state index contributed by atoms with van der Waals surface area (Å²) in [5.41, 5.74) is -0.161. The first-order valence-corrected chi connectivity index (χ1v) is 9.20. The summed E-state index contributed by atoms with van der Waals surface area (Å²) >= 11 is 0. The molecule has 0 bridgehead atoms. The van der Waals surface area contributed by atoms with Crippen LogP contribution >= 0.6 is 0 Å². The molecule has 3 aromatic heterocycles. The highest BCUT2D eigenvalue weighted by Crippen LogP contribution is 2.15. The van der Waals surface area contributed by atoms with Gasteiger partial charge in [-0.1, -0.05) is 6.07 Å². The van der Waals surface area contributed by atoms with Crippen LogP contribution in [0.15, 0.2) is 66.2 Å². The lowest BCUT2D eigenvalue weighted by Gasteiger charge is -2.13. The second-order valence-electron chi connectivity index (χ2n) is 6.65. The minimum Gasteiger partial charge on any atom is -0.348 e. The van der Waals surface area contributed by atoms with E-state index in [2.05, 4.69) is 20.4 Å². The maximum atomic E-state index is 14.2. The van der Waals surface area contributed by atoms with E-state index in [1.165, 1.54) is 29.6 Å². The second kappa shape index (κ2) is 8.27. The van der Waals surface area contributed by atoms with Gasteiger partial charge in [-0.05, 0) is 36.8 Å².